The first-order valence-corrected chi connectivity index (χ1v) is 5.40. The van der Waals surface area contributed by atoms with Crippen LogP contribution in [0, 0.1) is 0 Å². The van der Waals surface area contributed by atoms with E-state index in [0.717, 1.165) is 0 Å². The van der Waals surface area contributed by atoms with Crippen LogP contribution in [-0.2, 0) is 0 Å². The number of hydrogen-bond acceptors (Lipinski definition) is 3. The van der Waals surface area contributed by atoms with E-state index in [1.54, 1.807) is 45.2 Å². The Hall–Kier alpha value is -0.180. The van der Waals surface area contributed by atoms with Gasteiger partial charge in [0.15, 0.2) is 0 Å². The predicted octanol–water partition coefficient (Wildman–Crippen LogP) is 2.54. The van der Waals surface area contributed by atoms with E-state index in [-0.39, 0.29) is 13.3 Å². The lowest BCUT2D eigenvalue weighted by molar-refractivity contribution is 0.110. The van der Waals surface area contributed by atoms with Gasteiger partial charge in [0.2, 0.25) is 7.58 Å². The molecule has 0 aliphatic rings. The van der Waals surface area contributed by atoms with Crippen LogP contribution >= 0.6 is 45.2 Å². The fourth-order valence-corrected chi connectivity index (χ4v) is 1.46. The first-order valence-electron chi connectivity index (χ1n) is 3.24. The summed E-state index contributed by atoms with van der Waals surface area (Å²) in [6.45, 7) is 0. The van der Waals surface area contributed by atoms with Crippen molar-refractivity contribution in [2.45, 2.75) is 0 Å². The summed E-state index contributed by atoms with van der Waals surface area (Å²) in [5, 5.41) is 9.18. The topological polar surface area (TPSA) is 54.4 Å². The van der Waals surface area contributed by atoms with Crippen molar-refractivity contribution in [3.63, 3.8) is 0 Å². The lowest BCUT2D eigenvalue weighted by Gasteiger charge is -1.99. The largest absolute Gasteiger partial charge is 0.508 e. The van der Waals surface area contributed by atoms with Gasteiger partial charge >= 0.3 is 0 Å². The van der Waals surface area contributed by atoms with Gasteiger partial charge in [-0.05, 0) is 18.2 Å². The number of benzene rings is 1. The monoisotopic (exact) mass is 402 g/mol. The van der Waals surface area contributed by atoms with Crippen LogP contribution in [0.1, 0.15) is 20.7 Å². The first-order chi connectivity index (χ1) is 6.00. The normalized spacial score (nSPS) is 9.69. The maximum Gasteiger partial charge on any atom is 0.222 e. The molecule has 68 valence electrons. The van der Waals surface area contributed by atoms with Crippen LogP contribution in [0.2, 0.25) is 0 Å². The molecule has 0 aromatic heterocycles. The van der Waals surface area contributed by atoms with E-state index in [1.807, 2.05) is 0 Å². The smallest absolute Gasteiger partial charge is 0.222 e. The molecule has 0 bridgehead atoms. The van der Waals surface area contributed by atoms with Crippen molar-refractivity contribution in [3.05, 3.63) is 29.3 Å². The minimum absolute atomic E-state index is 0.0671. The molecule has 5 heteroatoms. The van der Waals surface area contributed by atoms with Crippen molar-refractivity contribution in [3.8, 4) is 5.75 Å². The molecule has 0 atom stereocenters. The number of halogens is 2. The van der Waals surface area contributed by atoms with Crippen LogP contribution in [0.3, 0.4) is 0 Å². The lowest BCUT2D eigenvalue weighted by Crippen LogP contribution is -1.93. The molecule has 0 aliphatic carbocycles. The third-order valence-electron chi connectivity index (χ3n) is 1.37. The molecule has 0 saturated heterocycles. The summed E-state index contributed by atoms with van der Waals surface area (Å²) < 4.78 is -0.403. The van der Waals surface area contributed by atoms with Gasteiger partial charge in [-0.15, -0.1) is 0 Å². The average molecular weight is 402 g/mol. The van der Waals surface area contributed by atoms with Crippen LogP contribution in [0.4, 0.5) is 0 Å². The zero-order valence-electron chi connectivity index (χ0n) is 6.25. The molecular weight excluding hydrogens is 398 g/mol. The maximum atomic E-state index is 10.9. The minimum atomic E-state index is -0.201. The van der Waals surface area contributed by atoms with Crippen molar-refractivity contribution in [1.82, 2.24) is 0 Å². The summed E-state index contributed by atoms with van der Waals surface area (Å²) in [5.74, 6) is -0.0671. The van der Waals surface area contributed by atoms with Crippen LogP contribution in [0.15, 0.2) is 18.2 Å². The van der Waals surface area contributed by atoms with Gasteiger partial charge in [-0.1, -0.05) is 0 Å². The van der Waals surface area contributed by atoms with Crippen molar-refractivity contribution in [2.24, 2.45) is 0 Å². The highest BCUT2D eigenvalue weighted by Crippen LogP contribution is 2.19. The number of phenols is 1. The van der Waals surface area contributed by atoms with Gasteiger partial charge in [0, 0.05) is 56.3 Å². The number of rotatable bonds is 2. The van der Waals surface area contributed by atoms with E-state index in [4.69, 9.17) is 0 Å². The lowest BCUT2D eigenvalue weighted by atomic mass is 10.1. The molecule has 1 aromatic carbocycles. The van der Waals surface area contributed by atoms with Crippen molar-refractivity contribution in [1.29, 1.82) is 0 Å². The number of phenolic OH excluding ortho intramolecular Hbond substituents is 1. The number of carbonyl (C=O) groups excluding carboxylic acids is 2. The second-order valence-electron chi connectivity index (χ2n) is 2.32. The Morgan fingerprint density at radius 3 is 1.69 bits per heavy atom. The van der Waals surface area contributed by atoms with Gasteiger partial charge in [-0.25, -0.2) is 0 Å². The molecule has 3 nitrogen and oxygen atoms in total. The Balaban J connectivity index is 3.26. The highest BCUT2D eigenvalue weighted by atomic mass is 127. The summed E-state index contributed by atoms with van der Waals surface area (Å²) in [7, 11) is 0. The Morgan fingerprint density at radius 2 is 1.38 bits per heavy atom. The molecule has 0 amide bonds. The van der Waals surface area contributed by atoms with E-state index in [0.29, 0.717) is 11.1 Å². The van der Waals surface area contributed by atoms with Gasteiger partial charge in [-0.3, -0.25) is 9.59 Å². The highest BCUT2D eigenvalue weighted by Gasteiger charge is 2.08. The van der Waals surface area contributed by atoms with Gasteiger partial charge in [0.05, 0.1) is 0 Å². The van der Waals surface area contributed by atoms with E-state index in [9.17, 15) is 14.7 Å². The zero-order chi connectivity index (χ0) is 10.0. The Bertz CT molecular complexity index is 341. The summed E-state index contributed by atoms with van der Waals surface area (Å²) in [4.78, 5) is 21.9. The molecule has 0 aliphatic heterocycles. The second-order valence-corrected chi connectivity index (χ2v) is 4.28. The Kier molecular flexibility index (Phi) is 3.65. The Labute approximate surface area is 102 Å². The minimum Gasteiger partial charge on any atom is -0.508 e. The number of carbonyl (C=O) groups is 2. The third-order valence-corrected chi connectivity index (χ3v) is 2.62. The molecule has 1 N–H and O–H groups in total. The van der Waals surface area contributed by atoms with E-state index >= 15 is 0 Å². The molecule has 0 unspecified atom stereocenters. The van der Waals surface area contributed by atoms with Gasteiger partial charge in [-0.2, -0.15) is 0 Å². The molecule has 1 rings (SSSR count). The highest BCUT2D eigenvalue weighted by molar-refractivity contribution is 14.1. The van der Waals surface area contributed by atoms with Gasteiger partial charge < -0.3 is 5.11 Å². The number of hydrogen-bond donors (Lipinski definition) is 1. The molecule has 0 radical (unpaired) electrons. The van der Waals surface area contributed by atoms with Gasteiger partial charge in [0.25, 0.3) is 0 Å². The quantitative estimate of drug-likeness (QED) is 0.612. The second kappa shape index (κ2) is 4.36. The molecule has 1 aromatic rings. The molecule has 13 heavy (non-hydrogen) atoms. The average Bonchev–Trinajstić information content (AvgIpc) is 2.03. The van der Waals surface area contributed by atoms with Crippen molar-refractivity contribution < 1.29 is 14.7 Å². The van der Waals surface area contributed by atoms with Crippen LogP contribution in [0.25, 0.3) is 0 Å². The Morgan fingerprint density at radius 1 is 1.00 bits per heavy atom. The predicted molar refractivity (Wildman–Crippen MR) is 64.8 cm³/mol. The van der Waals surface area contributed by atoms with E-state index in [2.05, 4.69) is 0 Å². The number of aromatic hydroxyl groups is 1. The summed E-state index contributed by atoms with van der Waals surface area (Å²) >= 11 is 3.20. The van der Waals surface area contributed by atoms with Gasteiger partial charge in [0.1, 0.15) is 5.75 Å². The van der Waals surface area contributed by atoms with Crippen LogP contribution < -0.4 is 0 Å². The maximum absolute atomic E-state index is 10.9. The van der Waals surface area contributed by atoms with Crippen LogP contribution in [0.5, 0.6) is 5.75 Å². The molecule has 0 fully saturated rings. The molecular formula is C8H4I2O3. The van der Waals surface area contributed by atoms with Crippen molar-refractivity contribution in [2.75, 3.05) is 0 Å². The van der Waals surface area contributed by atoms with Crippen molar-refractivity contribution >= 4 is 52.8 Å². The van der Waals surface area contributed by atoms with E-state index in [1.165, 1.54) is 18.2 Å². The fourth-order valence-electron chi connectivity index (χ4n) is 0.838. The standard InChI is InChI=1S/C8H4I2O3/c9-7(12)4-1-5(8(10)13)3-6(11)2-4/h1-3,11H. The SMILES string of the molecule is O=C(I)c1cc(O)cc(C(=O)I)c1. The summed E-state index contributed by atoms with van der Waals surface area (Å²) in [5.41, 5.74) is 0.668. The van der Waals surface area contributed by atoms with Crippen LogP contribution in [-0.4, -0.2) is 12.7 Å². The molecule has 0 spiro atoms. The van der Waals surface area contributed by atoms with E-state index < -0.39 is 0 Å². The summed E-state index contributed by atoms with van der Waals surface area (Å²) in [6.07, 6.45) is 0. The molecule has 0 saturated carbocycles. The third kappa shape index (κ3) is 2.90. The fraction of sp³-hybridized carbons (Fsp3) is 0. The summed E-state index contributed by atoms with van der Waals surface area (Å²) in [6, 6.07) is 4.12. The molecule has 0 heterocycles. The first kappa shape index (κ1) is 10.9. The zero-order valence-corrected chi connectivity index (χ0v) is 10.6.